The van der Waals surface area contributed by atoms with Gasteiger partial charge in [-0.3, -0.25) is 9.79 Å². The van der Waals surface area contributed by atoms with Crippen molar-refractivity contribution in [3.8, 4) is 0 Å². The predicted molar refractivity (Wildman–Crippen MR) is 104 cm³/mol. The number of thiophene rings is 1. The van der Waals surface area contributed by atoms with Crippen LogP contribution in [0.4, 0.5) is 0 Å². The highest BCUT2D eigenvalue weighted by Gasteiger charge is 2.12. The molecule has 1 unspecified atom stereocenters. The van der Waals surface area contributed by atoms with Crippen LogP contribution in [0.5, 0.6) is 0 Å². The van der Waals surface area contributed by atoms with E-state index in [9.17, 15) is 9.90 Å². The van der Waals surface area contributed by atoms with Crippen LogP contribution in [0, 0.1) is 5.92 Å². The summed E-state index contributed by atoms with van der Waals surface area (Å²) in [6, 6.07) is 10.1. The summed E-state index contributed by atoms with van der Waals surface area (Å²) >= 11 is 1.59. The fraction of sp³-hybridized carbons (Fsp3) is 0.444. The van der Waals surface area contributed by atoms with Crippen molar-refractivity contribution < 1.29 is 9.90 Å². The van der Waals surface area contributed by atoms with Crippen molar-refractivity contribution in [3.63, 3.8) is 0 Å². The third-order valence-electron chi connectivity index (χ3n) is 3.70. The number of aliphatic imine (C=N–C) groups is 1. The molecule has 7 heteroatoms. The second kappa shape index (κ2) is 9.39. The molecule has 1 heterocycles. The molecule has 2 rings (SSSR count). The lowest BCUT2D eigenvalue weighted by atomic mass is 10.2. The molecular weight excluding hydrogens is 336 g/mol. The van der Waals surface area contributed by atoms with E-state index in [1.165, 1.54) is 4.70 Å². The number of guanidine groups is 1. The van der Waals surface area contributed by atoms with Crippen LogP contribution in [0.25, 0.3) is 10.1 Å². The molecule has 0 saturated heterocycles. The van der Waals surface area contributed by atoms with Crippen molar-refractivity contribution in [2.24, 2.45) is 10.9 Å². The molecule has 1 atom stereocenters. The Balaban J connectivity index is 1.77. The SMILES string of the molecule is CN=C(NCCNC(=O)C(C)C)NCC(O)c1cc2ccccc2s1. The van der Waals surface area contributed by atoms with Crippen LogP contribution in [-0.4, -0.2) is 43.7 Å². The second-order valence-electron chi connectivity index (χ2n) is 6.03. The Morgan fingerprint density at radius 2 is 1.92 bits per heavy atom. The van der Waals surface area contributed by atoms with Crippen molar-refractivity contribution in [3.05, 3.63) is 35.2 Å². The zero-order valence-electron chi connectivity index (χ0n) is 14.9. The van der Waals surface area contributed by atoms with E-state index in [1.807, 2.05) is 38.1 Å². The molecule has 6 nitrogen and oxygen atoms in total. The van der Waals surface area contributed by atoms with Gasteiger partial charge in [0.1, 0.15) is 6.10 Å². The average molecular weight is 362 g/mol. The summed E-state index contributed by atoms with van der Waals surface area (Å²) in [6.45, 7) is 5.18. The number of rotatable bonds is 7. The molecule has 25 heavy (non-hydrogen) atoms. The van der Waals surface area contributed by atoms with Gasteiger partial charge < -0.3 is 21.1 Å². The Morgan fingerprint density at radius 1 is 1.20 bits per heavy atom. The molecule has 1 amide bonds. The fourth-order valence-corrected chi connectivity index (χ4v) is 3.30. The highest BCUT2D eigenvalue weighted by atomic mass is 32.1. The number of hydrogen-bond donors (Lipinski definition) is 4. The fourth-order valence-electron chi connectivity index (χ4n) is 2.25. The summed E-state index contributed by atoms with van der Waals surface area (Å²) in [5, 5.41) is 20.6. The number of nitrogens with one attached hydrogen (secondary N) is 3. The quantitative estimate of drug-likeness (QED) is 0.344. The van der Waals surface area contributed by atoms with E-state index in [2.05, 4.69) is 27.0 Å². The van der Waals surface area contributed by atoms with E-state index in [4.69, 9.17) is 0 Å². The van der Waals surface area contributed by atoms with E-state index in [-0.39, 0.29) is 11.8 Å². The molecule has 0 fully saturated rings. The summed E-state index contributed by atoms with van der Waals surface area (Å²) < 4.78 is 1.17. The Hall–Kier alpha value is -2.12. The first-order chi connectivity index (χ1) is 12.0. The van der Waals surface area contributed by atoms with Crippen molar-refractivity contribution in [2.45, 2.75) is 20.0 Å². The second-order valence-corrected chi connectivity index (χ2v) is 7.14. The molecular formula is C18H26N4O2S. The standard InChI is InChI=1S/C18H26N4O2S/c1-12(2)17(24)20-8-9-21-18(19-3)22-11-14(23)16-10-13-6-4-5-7-15(13)25-16/h4-7,10,12,14,23H,8-9,11H2,1-3H3,(H,20,24)(H2,19,21,22). The van der Waals surface area contributed by atoms with Gasteiger partial charge in [0.05, 0.1) is 0 Å². The summed E-state index contributed by atoms with van der Waals surface area (Å²) in [6.07, 6.45) is -0.600. The predicted octanol–water partition coefficient (Wildman–Crippen LogP) is 1.87. The van der Waals surface area contributed by atoms with Gasteiger partial charge in [-0.1, -0.05) is 32.0 Å². The number of aliphatic hydroxyl groups is 1. The summed E-state index contributed by atoms with van der Waals surface area (Å²) in [4.78, 5) is 16.5. The summed E-state index contributed by atoms with van der Waals surface area (Å²) in [7, 11) is 1.67. The first kappa shape index (κ1) is 19.2. The molecule has 0 aliphatic rings. The van der Waals surface area contributed by atoms with Gasteiger partial charge in [-0.15, -0.1) is 11.3 Å². The number of carbonyl (C=O) groups excluding carboxylic acids is 1. The van der Waals surface area contributed by atoms with Gasteiger partial charge in [0.2, 0.25) is 5.91 Å². The molecule has 0 aliphatic heterocycles. The lowest BCUT2D eigenvalue weighted by Gasteiger charge is -2.15. The van der Waals surface area contributed by atoms with E-state index >= 15 is 0 Å². The van der Waals surface area contributed by atoms with E-state index in [0.29, 0.717) is 25.6 Å². The van der Waals surface area contributed by atoms with Crippen molar-refractivity contribution in [2.75, 3.05) is 26.7 Å². The van der Waals surface area contributed by atoms with Crippen molar-refractivity contribution in [1.82, 2.24) is 16.0 Å². The van der Waals surface area contributed by atoms with Crippen LogP contribution in [0.2, 0.25) is 0 Å². The molecule has 136 valence electrons. The Morgan fingerprint density at radius 3 is 2.60 bits per heavy atom. The highest BCUT2D eigenvalue weighted by Crippen LogP contribution is 2.29. The lowest BCUT2D eigenvalue weighted by molar-refractivity contribution is -0.123. The van der Waals surface area contributed by atoms with E-state index in [1.54, 1.807) is 18.4 Å². The monoisotopic (exact) mass is 362 g/mol. The number of fused-ring (bicyclic) bond motifs is 1. The molecule has 1 aromatic heterocycles. The summed E-state index contributed by atoms with van der Waals surface area (Å²) in [5.74, 6) is 0.609. The maximum Gasteiger partial charge on any atom is 0.222 e. The maximum absolute atomic E-state index is 11.5. The van der Waals surface area contributed by atoms with E-state index < -0.39 is 6.10 Å². The van der Waals surface area contributed by atoms with Gasteiger partial charge in [-0.05, 0) is 17.5 Å². The third-order valence-corrected chi connectivity index (χ3v) is 4.92. The van der Waals surface area contributed by atoms with Crippen LogP contribution >= 0.6 is 11.3 Å². The number of hydrogen-bond acceptors (Lipinski definition) is 4. The zero-order chi connectivity index (χ0) is 18.2. The Bertz CT molecular complexity index is 694. The Kier molecular flexibility index (Phi) is 7.21. The van der Waals surface area contributed by atoms with Crippen LogP contribution < -0.4 is 16.0 Å². The van der Waals surface area contributed by atoms with Crippen LogP contribution in [0.1, 0.15) is 24.8 Å². The van der Waals surface area contributed by atoms with Gasteiger partial charge in [0.15, 0.2) is 5.96 Å². The molecule has 0 radical (unpaired) electrons. The largest absolute Gasteiger partial charge is 0.386 e. The smallest absolute Gasteiger partial charge is 0.222 e. The van der Waals surface area contributed by atoms with Gasteiger partial charge >= 0.3 is 0 Å². The van der Waals surface area contributed by atoms with Gasteiger partial charge in [0, 0.05) is 42.2 Å². The molecule has 0 spiro atoms. The minimum absolute atomic E-state index is 0.0195. The molecule has 0 saturated carbocycles. The molecule has 4 N–H and O–H groups in total. The van der Waals surface area contributed by atoms with Gasteiger partial charge in [-0.2, -0.15) is 0 Å². The normalized spacial score (nSPS) is 13.1. The highest BCUT2D eigenvalue weighted by molar-refractivity contribution is 7.19. The minimum Gasteiger partial charge on any atom is -0.386 e. The number of benzene rings is 1. The van der Waals surface area contributed by atoms with E-state index in [0.717, 1.165) is 10.3 Å². The topological polar surface area (TPSA) is 85.8 Å². The van der Waals surface area contributed by atoms with Gasteiger partial charge in [-0.25, -0.2) is 0 Å². The van der Waals surface area contributed by atoms with Crippen LogP contribution in [-0.2, 0) is 4.79 Å². The van der Waals surface area contributed by atoms with Crippen LogP contribution in [0.15, 0.2) is 35.3 Å². The van der Waals surface area contributed by atoms with Gasteiger partial charge in [0.25, 0.3) is 0 Å². The molecule has 2 aromatic rings. The number of nitrogens with zero attached hydrogens (tertiary/aromatic N) is 1. The molecule has 1 aromatic carbocycles. The average Bonchev–Trinajstić information content (AvgIpc) is 3.04. The zero-order valence-corrected chi connectivity index (χ0v) is 15.7. The minimum atomic E-state index is -0.600. The lowest BCUT2D eigenvalue weighted by Crippen LogP contribution is -2.43. The molecule has 0 aliphatic carbocycles. The number of amides is 1. The molecule has 0 bridgehead atoms. The van der Waals surface area contributed by atoms with Crippen LogP contribution in [0.3, 0.4) is 0 Å². The number of aliphatic hydroxyl groups excluding tert-OH is 1. The Labute approximate surface area is 152 Å². The summed E-state index contributed by atoms with van der Waals surface area (Å²) in [5.41, 5.74) is 0. The first-order valence-electron chi connectivity index (χ1n) is 8.40. The van der Waals surface area contributed by atoms with Crippen molar-refractivity contribution >= 4 is 33.3 Å². The first-order valence-corrected chi connectivity index (χ1v) is 9.21. The third kappa shape index (κ3) is 5.72. The number of carbonyl (C=O) groups is 1. The maximum atomic E-state index is 11.5. The van der Waals surface area contributed by atoms with Crippen molar-refractivity contribution in [1.29, 1.82) is 0 Å².